The van der Waals surface area contributed by atoms with Crippen molar-refractivity contribution < 1.29 is 9.59 Å². The van der Waals surface area contributed by atoms with E-state index in [1.807, 2.05) is 24.3 Å². The van der Waals surface area contributed by atoms with Crippen molar-refractivity contribution in [2.24, 2.45) is 11.8 Å². The van der Waals surface area contributed by atoms with Gasteiger partial charge in [-0.3, -0.25) is 14.6 Å². The second kappa shape index (κ2) is 9.64. The minimum Gasteiger partial charge on any atom is -0.348 e. The zero-order chi connectivity index (χ0) is 19.9. The van der Waals surface area contributed by atoms with E-state index in [1.165, 1.54) is 6.42 Å². The smallest absolute Gasteiger partial charge is 0.313 e. The van der Waals surface area contributed by atoms with Gasteiger partial charge in [-0.2, -0.15) is 0 Å². The molecule has 2 atom stereocenters. The molecule has 150 valence electrons. The third-order valence-corrected chi connectivity index (χ3v) is 5.22. The molecular weight excluding hydrogens is 352 g/mol. The van der Waals surface area contributed by atoms with Gasteiger partial charge in [-0.1, -0.05) is 32.0 Å². The van der Waals surface area contributed by atoms with Crippen LogP contribution in [0.25, 0.3) is 10.9 Å². The molecule has 0 saturated carbocycles. The van der Waals surface area contributed by atoms with Gasteiger partial charge in [0.2, 0.25) is 0 Å². The average Bonchev–Trinajstić information content (AvgIpc) is 2.67. The lowest BCUT2D eigenvalue weighted by molar-refractivity contribution is -0.136. The molecule has 1 aromatic carbocycles. The summed E-state index contributed by atoms with van der Waals surface area (Å²) < 4.78 is 0. The second-order valence-corrected chi connectivity index (χ2v) is 8.00. The number of pyridine rings is 1. The Labute approximate surface area is 166 Å². The van der Waals surface area contributed by atoms with Crippen LogP contribution in [0.2, 0.25) is 0 Å². The Balaban J connectivity index is 1.39. The summed E-state index contributed by atoms with van der Waals surface area (Å²) in [4.78, 5) is 31.1. The molecule has 2 heterocycles. The molecular formula is C22H30N4O2. The highest BCUT2D eigenvalue weighted by Gasteiger charge is 2.21. The van der Waals surface area contributed by atoms with Crippen LogP contribution in [0.15, 0.2) is 36.5 Å². The Morgan fingerprint density at radius 3 is 2.61 bits per heavy atom. The minimum atomic E-state index is -0.656. The minimum absolute atomic E-state index is 0.513. The van der Waals surface area contributed by atoms with Gasteiger partial charge >= 0.3 is 11.8 Å². The number of carbonyl (C=O) groups excluding carboxylic acids is 2. The normalized spacial score (nSPS) is 20.1. The van der Waals surface area contributed by atoms with Crippen LogP contribution in [0, 0.1) is 11.8 Å². The first-order chi connectivity index (χ1) is 13.5. The quantitative estimate of drug-likeness (QED) is 0.595. The summed E-state index contributed by atoms with van der Waals surface area (Å²) in [6, 6.07) is 9.26. The Bertz CT molecular complexity index is 808. The number of benzene rings is 1. The van der Waals surface area contributed by atoms with E-state index in [1.54, 1.807) is 12.3 Å². The molecule has 6 heteroatoms. The van der Waals surface area contributed by atoms with E-state index >= 15 is 0 Å². The number of para-hydroxylation sites is 1. The molecule has 1 fully saturated rings. The zero-order valence-corrected chi connectivity index (χ0v) is 16.8. The van der Waals surface area contributed by atoms with E-state index in [9.17, 15) is 9.59 Å². The molecule has 2 aromatic rings. The molecule has 0 spiro atoms. The number of piperidine rings is 1. The number of hydrogen-bond donors (Lipinski definition) is 2. The number of nitrogens with one attached hydrogen (secondary N) is 2. The summed E-state index contributed by atoms with van der Waals surface area (Å²) in [5.74, 6) is 0.261. The van der Waals surface area contributed by atoms with Gasteiger partial charge in [0.05, 0.1) is 11.2 Å². The number of carbonyl (C=O) groups is 2. The van der Waals surface area contributed by atoms with Crippen LogP contribution in [0.1, 0.15) is 33.1 Å². The summed E-state index contributed by atoms with van der Waals surface area (Å²) in [5, 5.41) is 6.30. The third-order valence-electron chi connectivity index (χ3n) is 5.22. The Kier molecular flexibility index (Phi) is 6.98. The van der Waals surface area contributed by atoms with Crippen molar-refractivity contribution in [3.63, 3.8) is 0 Å². The molecule has 1 aliphatic heterocycles. The van der Waals surface area contributed by atoms with Crippen LogP contribution in [0.4, 0.5) is 5.69 Å². The fraction of sp³-hybridized carbons (Fsp3) is 0.500. The van der Waals surface area contributed by atoms with Crippen LogP contribution in [0.5, 0.6) is 0 Å². The van der Waals surface area contributed by atoms with Gasteiger partial charge in [-0.15, -0.1) is 0 Å². The number of rotatable bonds is 6. The molecule has 0 radical (unpaired) electrons. The largest absolute Gasteiger partial charge is 0.348 e. The molecule has 0 aliphatic carbocycles. The summed E-state index contributed by atoms with van der Waals surface area (Å²) in [6.45, 7) is 8.52. The van der Waals surface area contributed by atoms with Crippen molar-refractivity contribution in [3.8, 4) is 0 Å². The number of nitrogens with zero attached hydrogens (tertiary/aromatic N) is 2. The predicted molar refractivity (Wildman–Crippen MR) is 112 cm³/mol. The fourth-order valence-electron chi connectivity index (χ4n) is 4.10. The van der Waals surface area contributed by atoms with Gasteiger partial charge in [0.1, 0.15) is 0 Å². The molecule has 6 nitrogen and oxygen atoms in total. The first kappa shape index (κ1) is 20.3. The van der Waals surface area contributed by atoms with Crippen molar-refractivity contribution in [3.05, 3.63) is 36.5 Å². The van der Waals surface area contributed by atoms with Crippen LogP contribution >= 0.6 is 0 Å². The van der Waals surface area contributed by atoms with E-state index in [2.05, 4.69) is 34.4 Å². The molecule has 28 heavy (non-hydrogen) atoms. The monoisotopic (exact) mass is 382 g/mol. The lowest BCUT2D eigenvalue weighted by Gasteiger charge is -2.34. The van der Waals surface area contributed by atoms with Gasteiger partial charge in [-0.25, -0.2) is 0 Å². The summed E-state index contributed by atoms with van der Waals surface area (Å²) in [5.41, 5.74) is 1.22. The SMILES string of the molecule is CC1CC(C)CN(CCCCNC(=O)C(=O)Nc2cccc3cccnc23)C1. The third kappa shape index (κ3) is 5.52. The van der Waals surface area contributed by atoms with E-state index in [-0.39, 0.29) is 0 Å². The first-order valence-electron chi connectivity index (χ1n) is 10.2. The number of aromatic nitrogens is 1. The topological polar surface area (TPSA) is 74.3 Å². The maximum atomic E-state index is 12.2. The number of fused-ring (bicyclic) bond motifs is 1. The van der Waals surface area contributed by atoms with Crippen molar-refractivity contribution >= 4 is 28.4 Å². The zero-order valence-electron chi connectivity index (χ0n) is 16.8. The number of unbranched alkanes of at least 4 members (excludes halogenated alkanes) is 1. The Hall–Kier alpha value is -2.47. The molecule has 2 unspecified atom stereocenters. The van der Waals surface area contributed by atoms with Crippen LogP contribution in [0.3, 0.4) is 0 Å². The second-order valence-electron chi connectivity index (χ2n) is 8.00. The number of anilines is 1. The van der Waals surface area contributed by atoms with Crippen LogP contribution in [-0.4, -0.2) is 47.9 Å². The number of hydrogen-bond acceptors (Lipinski definition) is 4. The summed E-state index contributed by atoms with van der Waals surface area (Å²) >= 11 is 0. The lowest BCUT2D eigenvalue weighted by atomic mass is 9.92. The summed E-state index contributed by atoms with van der Waals surface area (Å²) in [6.07, 6.45) is 4.87. The van der Waals surface area contributed by atoms with E-state index < -0.39 is 11.8 Å². The molecule has 3 rings (SSSR count). The highest BCUT2D eigenvalue weighted by molar-refractivity contribution is 6.40. The van der Waals surface area contributed by atoms with E-state index in [0.717, 1.165) is 49.7 Å². The summed E-state index contributed by atoms with van der Waals surface area (Å²) in [7, 11) is 0. The van der Waals surface area contributed by atoms with Crippen molar-refractivity contribution in [2.75, 3.05) is 31.5 Å². The number of amides is 2. The van der Waals surface area contributed by atoms with Crippen molar-refractivity contribution in [2.45, 2.75) is 33.1 Å². The first-order valence-corrected chi connectivity index (χ1v) is 10.2. The Morgan fingerprint density at radius 1 is 1.07 bits per heavy atom. The maximum Gasteiger partial charge on any atom is 0.313 e. The molecule has 1 aliphatic rings. The fourth-order valence-corrected chi connectivity index (χ4v) is 4.10. The van der Waals surface area contributed by atoms with Gasteiger partial charge in [0.15, 0.2) is 0 Å². The van der Waals surface area contributed by atoms with E-state index in [0.29, 0.717) is 17.7 Å². The standard InChI is InChI=1S/C22H30N4O2/c1-16-13-17(2)15-26(14-16)12-4-3-10-24-21(27)22(28)25-19-9-5-7-18-8-6-11-23-20(18)19/h5-9,11,16-17H,3-4,10,12-15H2,1-2H3,(H,24,27)(H,25,28). The molecule has 2 N–H and O–H groups in total. The highest BCUT2D eigenvalue weighted by Crippen LogP contribution is 2.21. The van der Waals surface area contributed by atoms with Crippen LogP contribution < -0.4 is 10.6 Å². The van der Waals surface area contributed by atoms with Gasteiger partial charge in [0, 0.05) is 31.2 Å². The van der Waals surface area contributed by atoms with Crippen molar-refractivity contribution in [1.82, 2.24) is 15.2 Å². The molecule has 1 saturated heterocycles. The molecule has 1 aromatic heterocycles. The molecule has 0 bridgehead atoms. The van der Waals surface area contributed by atoms with E-state index in [4.69, 9.17) is 0 Å². The van der Waals surface area contributed by atoms with Crippen molar-refractivity contribution in [1.29, 1.82) is 0 Å². The maximum absolute atomic E-state index is 12.2. The average molecular weight is 383 g/mol. The number of likely N-dealkylation sites (tertiary alicyclic amines) is 1. The highest BCUT2D eigenvalue weighted by atomic mass is 16.2. The van der Waals surface area contributed by atoms with Gasteiger partial charge in [0.25, 0.3) is 0 Å². The predicted octanol–water partition coefficient (Wildman–Crippen LogP) is 3.05. The Morgan fingerprint density at radius 2 is 1.82 bits per heavy atom. The van der Waals surface area contributed by atoms with Gasteiger partial charge < -0.3 is 15.5 Å². The molecule has 2 amide bonds. The van der Waals surface area contributed by atoms with Gasteiger partial charge in [-0.05, 0) is 49.8 Å². The lowest BCUT2D eigenvalue weighted by Crippen LogP contribution is -2.39. The van der Waals surface area contributed by atoms with Crippen LogP contribution in [-0.2, 0) is 9.59 Å².